The van der Waals surface area contributed by atoms with Crippen LogP contribution in [0.1, 0.15) is 128 Å². The Kier molecular flexibility index (Phi) is 13.0. The van der Waals surface area contributed by atoms with E-state index in [9.17, 15) is 9.90 Å². The maximum atomic E-state index is 12.4. The van der Waals surface area contributed by atoms with Gasteiger partial charge in [0.15, 0.2) is 0 Å². The number of ether oxygens (including phenoxy) is 1. The summed E-state index contributed by atoms with van der Waals surface area (Å²) < 4.78 is 5.53. The van der Waals surface area contributed by atoms with Crippen molar-refractivity contribution >= 4 is 5.97 Å². The molecule has 1 aliphatic carbocycles. The molecule has 2 rings (SSSR count). The minimum absolute atomic E-state index is 0.0534. The van der Waals surface area contributed by atoms with E-state index in [2.05, 4.69) is 38.1 Å². The molecular weight excluding hydrogens is 396 g/mol. The van der Waals surface area contributed by atoms with Crippen molar-refractivity contribution in [2.24, 2.45) is 5.92 Å². The number of hydrogen-bond donors (Lipinski definition) is 1. The summed E-state index contributed by atoms with van der Waals surface area (Å²) >= 11 is 0. The summed E-state index contributed by atoms with van der Waals surface area (Å²) in [6.45, 7) is 5.02. The summed E-state index contributed by atoms with van der Waals surface area (Å²) in [5, 5.41) is 11.2. The average molecular weight is 445 g/mol. The van der Waals surface area contributed by atoms with Crippen molar-refractivity contribution in [2.45, 2.75) is 129 Å². The fourth-order valence-electron chi connectivity index (χ4n) is 4.88. The van der Waals surface area contributed by atoms with Gasteiger partial charge in [0, 0.05) is 0 Å². The highest BCUT2D eigenvalue weighted by Crippen LogP contribution is 2.40. The van der Waals surface area contributed by atoms with Crippen molar-refractivity contribution in [1.82, 2.24) is 0 Å². The molecule has 1 aliphatic rings. The molecule has 1 aromatic carbocycles. The van der Waals surface area contributed by atoms with Crippen LogP contribution in [0.5, 0.6) is 0 Å². The van der Waals surface area contributed by atoms with Gasteiger partial charge in [0.25, 0.3) is 0 Å². The van der Waals surface area contributed by atoms with Crippen molar-refractivity contribution in [1.29, 1.82) is 0 Å². The number of unbranched alkanes of at least 4 members (excludes halogenated alkanes) is 10. The van der Waals surface area contributed by atoms with Crippen LogP contribution in [0.2, 0.25) is 0 Å². The van der Waals surface area contributed by atoms with Crippen LogP contribution in [0.25, 0.3) is 0 Å². The molecule has 0 atom stereocenters. The zero-order chi connectivity index (χ0) is 23.1. The summed E-state index contributed by atoms with van der Waals surface area (Å²) in [6.07, 6.45) is 18.9. The molecule has 0 unspecified atom stereocenters. The number of hydrogen-bond acceptors (Lipinski definition) is 3. The van der Waals surface area contributed by atoms with E-state index in [4.69, 9.17) is 4.74 Å². The minimum atomic E-state index is -0.797. The zero-order valence-corrected chi connectivity index (χ0v) is 20.9. The standard InChI is InChI=1S/C29H48O3/c1-3-5-7-9-11-13-15-25-16-18-27(19-17-25)29(31)22-20-26(21-23-29)28(30)32-24-14-12-10-8-6-4-2/h16-19,26,31H,3-15,20-24H2,1-2H3. The topological polar surface area (TPSA) is 46.5 Å². The van der Waals surface area contributed by atoms with Crippen LogP contribution in [0.15, 0.2) is 24.3 Å². The lowest BCUT2D eigenvalue weighted by atomic mass is 9.75. The van der Waals surface area contributed by atoms with Gasteiger partial charge in [0.1, 0.15) is 0 Å². The highest BCUT2D eigenvalue weighted by atomic mass is 16.5. The maximum Gasteiger partial charge on any atom is 0.308 e. The van der Waals surface area contributed by atoms with Gasteiger partial charge in [-0.25, -0.2) is 0 Å². The van der Waals surface area contributed by atoms with Gasteiger partial charge in [0.2, 0.25) is 0 Å². The van der Waals surface area contributed by atoms with E-state index >= 15 is 0 Å². The van der Waals surface area contributed by atoms with Crippen molar-refractivity contribution in [3.63, 3.8) is 0 Å². The second-order valence-electron chi connectivity index (χ2n) is 9.96. The number of benzene rings is 1. The van der Waals surface area contributed by atoms with Crippen molar-refractivity contribution in [3.05, 3.63) is 35.4 Å². The first-order chi connectivity index (χ1) is 15.6. The fraction of sp³-hybridized carbons (Fsp3) is 0.759. The van der Waals surface area contributed by atoms with Gasteiger partial charge in [0.05, 0.1) is 18.1 Å². The molecule has 0 spiro atoms. The lowest BCUT2D eigenvalue weighted by Gasteiger charge is -2.35. The summed E-state index contributed by atoms with van der Waals surface area (Å²) in [5.74, 6) is -0.114. The summed E-state index contributed by atoms with van der Waals surface area (Å²) in [5.41, 5.74) is 1.57. The average Bonchev–Trinajstić information content (AvgIpc) is 2.81. The van der Waals surface area contributed by atoms with Crippen molar-refractivity contribution in [3.8, 4) is 0 Å². The SMILES string of the molecule is CCCCCCCCOC(=O)C1CCC(O)(c2ccc(CCCCCCCC)cc2)CC1. The van der Waals surface area contributed by atoms with Crippen LogP contribution in [0.3, 0.4) is 0 Å². The highest BCUT2D eigenvalue weighted by Gasteiger charge is 2.37. The Morgan fingerprint density at radius 3 is 1.97 bits per heavy atom. The monoisotopic (exact) mass is 444 g/mol. The van der Waals surface area contributed by atoms with Gasteiger partial charge in [-0.1, -0.05) is 102 Å². The highest BCUT2D eigenvalue weighted by molar-refractivity contribution is 5.72. The Morgan fingerprint density at radius 1 is 0.844 bits per heavy atom. The molecule has 32 heavy (non-hydrogen) atoms. The van der Waals surface area contributed by atoms with Gasteiger partial charge >= 0.3 is 5.97 Å². The zero-order valence-electron chi connectivity index (χ0n) is 20.9. The smallest absolute Gasteiger partial charge is 0.308 e. The fourth-order valence-corrected chi connectivity index (χ4v) is 4.88. The summed E-state index contributed by atoms with van der Waals surface area (Å²) in [7, 11) is 0. The molecule has 3 heteroatoms. The Bertz CT molecular complexity index is 614. The van der Waals surface area contributed by atoms with Crippen LogP contribution in [0, 0.1) is 5.92 Å². The van der Waals surface area contributed by atoms with E-state index < -0.39 is 5.60 Å². The molecule has 0 bridgehead atoms. The molecule has 0 radical (unpaired) electrons. The molecule has 0 amide bonds. The minimum Gasteiger partial charge on any atom is -0.465 e. The lowest BCUT2D eigenvalue weighted by molar-refractivity contribution is -0.152. The van der Waals surface area contributed by atoms with Gasteiger partial charge in [-0.15, -0.1) is 0 Å². The van der Waals surface area contributed by atoms with Gasteiger partial charge < -0.3 is 9.84 Å². The molecule has 0 heterocycles. The molecule has 0 aliphatic heterocycles. The molecule has 1 aromatic rings. The number of carbonyl (C=O) groups is 1. The number of aryl methyl sites for hydroxylation is 1. The molecular formula is C29H48O3. The van der Waals surface area contributed by atoms with E-state index in [-0.39, 0.29) is 11.9 Å². The summed E-state index contributed by atoms with van der Waals surface area (Å²) in [6, 6.07) is 8.56. The Balaban J connectivity index is 1.66. The third-order valence-electron chi connectivity index (χ3n) is 7.20. The molecule has 1 fully saturated rings. The van der Waals surface area contributed by atoms with E-state index in [1.165, 1.54) is 69.8 Å². The van der Waals surface area contributed by atoms with Gasteiger partial charge in [-0.05, 0) is 56.1 Å². The Hall–Kier alpha value is -1.35. The first kappa shape index (κ1) is 26.9. The van der Waals surface area contributed by atoms with Crippen molar-refractivity contribution < 1.29 is 14.6 Å². The molecule has 182 valence electrons. The Labute approximate surface area is 197 Å². The van der Waals surface area contributed by atoms with Crippen LogP contribution in [-0.2, 0) is 21.6 Å². The predicted molar refractivity (Wildman–Crippen MR) is 134 cm³/mol. The molecule has 1 N–H and O–H groups in total. The van der Waals surface area contributed by atoms with Crippen LogP contribution < -0.4 is 0 Å². The predicted octanol–water partition coefficient (Wildman–Crippen LogP) is 7.87. The Morgan fingerprint density at radius 2 is 1.38 bits per heavy atom. The maximum absolute atomic E-state index is 12.4. The first-order valence-corrected chi connectivity index (χ1v) is 13.6. The van der Waals surface area contributed by atoms with E-state index in [1.807, 2.05) is 0 Å². The van der Waals surface area contributed by atoms with E-state index in [0.29, 0.717) is 32.3 Å². The first-order valence-electron chi connectivity index (χ1n) is 13.6. The van der Waals surface area contributed by atoms with Crippen molar-refractivity contribution in [2.75, 3.05) is 6.61 Å². The number of carbonyl (C=O) groups excluding carboxylic acids is 1. The van der Waals surface area contributed by atoms with E-state index in [0.717, 1.165) is 24.8 Å². The second-order valence-corrected chi connectivity index (χ2v) is 9.96. The third kappa shape index (κ3) is 9.65. The largest absolute Gasteiger partial charge is 0.465 e. The lowest BCUT2D eigenvalue weighted by Crippen LogP contribution is -2.34. The molecule has 0 aromatic heterocycles. The quantitative estimate of drug-likeness (QED) is 0.208. The van der Waals surface area contributed by atoms with Crippen LogP contribution in [-0.4, -0.2) is 17.7 Å². The van der Waals surface area contributed by atoms with Crippen LogP contribution >= 0.6 is 0 Å². The third-order valence-corrected chi connectivity index (χ3v) is 7.20. The van der Waals surface area contributed by atoms with Gasteiger partial charge in [-0.2, -0.15) is 0 Å². The normalized spacial score (nSPS) is 20.9. The van der Waals surface area contributed by atoms with Crippen LogP contribution in [0.4, 0.5) is 0 Å². The number of aliphatic hydroxyl groups is 1. The number of rotatable bonds is 16. The molecule has 1 saturated carbocycles. The second kappa shape index (κ2) is 15.5. The number of esters is 1. The molecule has 3 nitrogen and oxygen atoms in total. The van der Waals surface area contributed by atoms with Gasteiger partial charge in [-0.3, -0.25) is 4.79 Å². The van der Waals surface area contributed by atoms with E-state index in [1.54, 1.807) is 0 Å². The summed E-state index contributed by atoms with van der Waals surface area (Å²) in [4.78, 5) is 12.4. The molecule has 0 saturated heterocycles.